The number of rotatable bonds is 8. The zero-order chi connectivity index (χ0) is 11.7. The Morgan fingerprint density at radius 1 is 1.40 bits per heavy atom. The van der Waals surface area contributed by atoms with E-state index in [1.54, 1.807) is 6.92 Å². The van der Waals surface area contributed by atoms with E-state index in [9.17, 15) is 4.79 Å². The van der Waals surface area contributed by atoms with Crippen molar-refractivity contribution in [3.8, 4) is 0 Å². The lowest BCUT2D eigenvalue weighted by Crippen LogP contribution is -2.35. The minimum absolute atomic E-state index is 0.0887. The topological polar surface area (TPSA) is 49.3 Å². The summed E-state index contributed by atoms with van der Waals surface area (Å²) in [5.41, 5.74) is 0.522. The summed E-state index contributed by atoms with van der Waals surface area (Å²) in [5.74, 6) is -0.107. The molecule has 3 heteroatoms. The van der Waals surface area contributed by atoms with Crippen LogP contribution in [0.1, 0.15) is 46.0 Å². The number of carbonyl (C=O) groups is 1. The van der Waals surface area contributed by atoms with Crippen LogP contribution in [-0.4, -0.2) is 23.7 Å². The lowest BCUT2D eigenvalue weighted by atomic mass is 10.1. The summed E-state index contributed by atoms with van der Waals surface area (Å²) in [7, 11) is 0. The fourth-order valence-electron chi connectivity index (χ4n) is 1.39. The molecule has 1 atom stereocenters. The summed E-state index contributed by atoms with van der Waals surface area (Å²) >= 11 is 0. The average Bonchev–Trinajstić information content (AvgIpc) is 2.18. The molecule has 3 nitrogen and oxygen atoms in total. The fraction of sp³-hybridized carbons (Fsp3) is 0.750. The van der Waals surface area contributed by atoms with Crippen LogP contribution in [0.5, 0.6) is 0 Å². The Morgan fingerprint density at radius 3 is 2.53 bits per heavy atom. The Morgan fingerprint density at radius 2 is 2.07 bits per heavy atom. The highest BCUT2D eigenvalue weighted by molar-refractivity contribution is 5.92. The molecule has 0 aliphatic carbocycles. The molecule has 2 N–H and O–H groups in total. The number of aliphatic hydroxyl groups excluding tert-OH is 1. The van der Waals surface area contributed by atoms with Crippen molar-refractivity contribution in [1.82, 2.24) is 5.32 Å². The second-order valence-corrected chi connectivity index (χ2v) is 3.96. The van der Waals surface area contributed by atoms with Gasteiger partial charge in [0.25, 0.3) is 0 Å². The molecule has 0 aromatic carbocycles. The van der Waals surface area contributed by atoms with Crippen LogP contribution in [0, 0.1) is 0 Å². The summed E-state index contributed by atoms with van der Waals surface area (Å²) in [6, 6.07) is 0.0887. The third kappa shape index (κ3) is 7.14. The molecule has 0 aliphatic heterocycles. The van der Waals surface area contributed by atoms with E-state index in [1.165, 1.54) is 12.8 Å². The van der Waals surface area contributed by atoms with Gasteiger partial charge in [-0.25, -0.2) is 0 Å². The number of unbranched alkanes of at least 4 members (excludes halogenated alkanes) is 2. The van der Waals surface area contributed by atoms with Crippen molar-refractivity contribution < 1.29 is 9.90 Å². The third-order valence-corrected chi connectivity index (χ3v) is 2.36. The van der Waals surface area contributed by atoms with E-state index in [-0.39, 0.29) is 18.6 Å². The van der Waals surface area contributed by atoms with Gasteiger partial charge in [-0.1, -0.05) is 32.8 Å². The highest BCUT2D eigenvalue weighted by Crippen LogP contribution is 2.07. The van der Waals surface area contributed by atoms with Crippen LogP contribution in [0.4, 0.5) is 0 Å². The highest BCUT2D eigenvalue weighted by Gasteiger charge is 2.11. The summed E-state index contributed by atoms with van der Waals surface area (Å²) in [6.45, 7) is 7.55. The third-order valence-electron chi connectivity index (χ3n) is 2.36. The number of nitrogens with one attached hydrogen (secondary N) is 1. The zero-order valence-corrected chi connectivity index (χ0v) is 9.88. The molecule has 1 unspecified atom stereocenters. The average molecular weight is 213 g/mol. The molecule has 88 valence electrons. The van der Waals surface area contributed by atoms with Crippen LogP contribution in [0.15, 0.2) is 12.2 Å². The number of amides is 1. The molecular weight excluding hydrogens is 190 g/mol. The Balaban J connectivity index is 3.91. The molecule has 0 fully saturated rings. The van der Waals surface area contributed by atoms with Crippen molar-refractivity contribution in [3.63, 3.8) is 0 Å². The van der Waals surface area contributed by atoms with E-state index in [0.29, 0.717) is 12.0 Å². The van der Waals surface area contributed by atoms with Gasteiger partial charge in [0.15, 0.2) is 0 Å². The molecule has 0 radical (unpaired) electrons. The van der Waals surface area contributed by atoms with Crippen LogP contribution >= 0.6 is 0 Å². The first-order valence-electron chi connectivity index (χ1n) is 5.69. The molecule has 0 spiro atoms. The first kappa shape index (κ1) is 14.2. The van der Waals surface area contributed by atoms with E-state index in [4.69, 9.17) is 5.11 Å². The normalized spacial score (nSPS) is 12.2. The SMILES string of the molecule is C=C(C)C(=O)NC(CCO)CCCCC. The van der Waals surface area contributed by atoms with Crippen molar-refractivity contribution in [2.24, 2.45) is 0 Å². The van der Waals surface area contributed by atoms with Gasteiger partial charge in [0.2, 0.25) is 5.91 Å². The molecule has 0 aromatic rings. The maximum absolute atomic E-state index is 11.4. The number of hydrogen-bond acceptors (Lipinski definition) is 2. The van der Waals surface area contributed by atoms with Crippen LogP contribution in [0.3, 0.4) is 0 Å². The Kier molecular flexibility index (Phi) is 8.01. The largest absolute Gasteiger partial charge is 0.396 e. The molecule has 0 rings (SSSR count). The summed E-state index contributed by atoms with van der Waals surface area (Å²) < 4.78 is 0. The first-order valence-corrected chi connectivity index (χ1v) is 5.69. The summed E-state index contributed by atoms with van der Waals surface area (Å²) in [6.07, 6.45) is 5.00. The van der Waals surface area contributed by atoms with Gasteiger partial charge in [-0.2, -0.15) is 0 Å². The molecular formula is C12H23NO2. The molecule has 0 saturated heterocycles. The molecule has 0 bridgehead atoms. The van der Waals surface area contributed by atoms with Crippen molar-refractivity contribution in [1.29, 1.82) is 0 Å². The van der Waals surface area contributed by atoms with E-state index >= 15 is 0 Å². The molecule has 1 amide bonds. The predicted molar refractivity (Wildman–Crippen MR) is 62.6 cm³/mol. The molecule has 0 aliphatic rings. The van der Waals surface area contributed by atoms with E-state index < -0.39 is 0 Å². The molecule has 0 aromatic heterocycles. The van der Waals surface area contributed by atoms with Gasteiger partial charge in [0.05, 0.1) is 0 Å². The van der Waals surface area contributed by atoms with Crippen LogP contribution < -0.4 is 5.32 Å². The monoisotopic (exact) mass is 213 g/mol. The van der Waals surface area contributed by atoms with E-state index in [0.717, 1.165) is 12.8 Å². The smallest absolute Gasteiger partial charge is 0.246 e. The van der Waals surface area contributed by atoms with E-state index in [1.807, 2.05) is 0 Å². The number of aliphatic hydroxyl groups is 1. The van der Waals surface area contributed by atoms with Crippen LogP contribution in [0.2, 0.25) is 0 Å². The Labute approximate surface area is 92.6 Å². The highest BCUT2D eigenvalue weighted by atomic mass is 16.3. The summed E-state index contributed by atoms with van der Waals surface area (Å²) in [4.78, 5) is 11.4. The maximum atomic E-state index is 11.4. The second-order valence-electron chi connectivity index (χ2n) is 3.96. The van der Waals surface area contributed by atoms with Crippen molar-refractivity contribution in [2.75, 3.05) is 6.61 Å². The maximum Gasteiger partial charge on any atom is 0.246 e. The molecule has 0 heterocycles. The number of hydrogen-bond donors (Lipinski definition) is 2. The van der Waals surface area contributed by atoms with Crippen LogP contribution in [0.25, 0.3) is 0 Å². The second kappa shape index (κ2) is 8.48. The standard InChI is InChI=1S/C12H23NO2/c1-4-5-6-7-11(8-9-14)13-12(15)10(2)3/h11,14H,2,4-9H2,1,3H3,(H,13,15). The van der Waals surface area contributed by atoms with Crippen molar-refractivity contribution in [2.45, 2.75) is 52.0 Å². The van der Waals surface area contributed by atoms with E-state index in [2.05, 4.69) is 18.8 Å². The molecule has 0 saturated carbocycles. The van der Waals surface area contributed by atoms with Crippen LogP contribution in [-0.2, 0) is 4.79 Å². The fourth-order valence-corrected chi connectivity index (χ4v) is 1.39. The van der Waals surface area contributed by atoms with Gasteiger partial charge in [-0.3, -0.25) is 4.79 Å². The van der Waals surface area contributed by atoms with Gasteiger partial charge in [-0.15, -0.1) is 0 Å². The Hall–Kier alpha value is -0.830. The lowest BCUT2D eigenvalue weighted by Gasteiger charge is -2.17. The van der Waals surface area contributed by atoms with Gasteiger partial charge in [-0.05, 0) is 19.8 Å². The predicted octanol–water partition coefficient (Wildman–Crippen LogP) is 2.01. The van der Waals surface area contributed by atoms with Gasteiger partial charge < -0.3 is 10.4 Å². The van der Waals surface area contributed by atoms with Gasteiger partial charge in [0, 0.05) is 18.2 Å². The molecule has 15 heavy (non-hydrogen) atoms. The minimum atomic E-state index is -0.107. The van der Waals surface area contributed by atoms with Gasteiger partial charge in [0.1, 0.15) is 0 Å². The lowest BCUT2D eigenvalue weighted by molar-refractivity contribution is -0.118. The van der Waals surface area contributed by atoms with Crippen molar-refractivity contribution in [3.05, 3.63) is 12.2 Å². The zero-order valence-electron chi connectivity index (χ0n) is 9.88. The first-order chi connectivity index (χ1) is 7.11. The summed E-state index contributed by atoms with van der Waals surface area (Å²) in [5, 5.41) is 11.7. The Bertz CT molecular complexity index is 202. The minimum Gasteiger partial charge on any atom is -0.396 e. The quantitative estimate of drug-likeness (QED) is 0.478. The van der Waals surface area contributed by atoms with Gasteiger partial charge >= 0.3 is 0 Å². The number of carbonyl (C=O) groups excluding carboxylic acids is 1. The van der Waals surface area contributed by atoms with Crippen molar-refractivity contribution >= 4 is 5.91 Å².